The second-order valence-electron chi connectivity index (χ2n) is 5.35. The highest BCUT2D eigenvalue weighted by Crippen LogP contribution is 2.26. The van der Waals surface area contributed by atoms with Gasteiger partial charge in [0.25, 0.3) is 0 Å². The van der Waals surface area contributed by atoms with Crippen LogP contribution >= 0.6 is 0 Å². The summed E-state index contributed by atoms with van der Waals surface area (Å²) in [5.41, 5.74) is 10.8. The molecular formula is C12H25N3O. The Labute approximate surface area is 98.3 Å². The quantitative estimate of drug-likeness (QED) is 0.737. The zero-order chi connectivity index (χ0) is 12.3. The molecule has 0 saturated carbocycles. The normalized spacial score (nSPS) is 33.6. The van der Waals surface area contributed by atoms with Gasteiger partial charge in [0.1, 0.15) is 0 Å². The lowest BCUT2D eigenvalue weighted by Gasteiger charge is -2.41. The van der Waals surface area contributed by atoms with Crippen LogP contribution in [0.1, 0.15) is 33.6 Å². The van der Waals surface area contributed by atoms with Gasteiger partial charge in [-0.2, -0.15) is 0 Å². The first kappa shape index (κ1) is 13.5. The van der Waals surface area contributed by atoms with Crippen LogP contribution in [0.25, 0.3) is 0 Å². The van der Waals surface area contributed by atoms with Crippen molar-refractivity contribution >= 4 is 5.91 Å². The molecule has 1 rings (SSSR count). The van der Waals surface area contributed by atoms with Crippen molar-refractivity contribution in [3.8, 4) is 0 Å². The summed E-state index contributed by atoms with van der Waals surface area (Å²) >= 11 is 0. The maximum absolute atomic E-state index is 10.9. The molecule has 4 nitrogen and oxygen atoms in total. The largest absolute Gasteiger partial charge is 0.368 e. The van der Waals surface area contributed by atoms with Crippen LogP contribution in [-0.2, 0) is 4.79 Å². The molecule has 0 spiro atoms. The van der Waals surface area contributed by atoms with Crippen molar-refractivity contribution in [2.24, 2.45) is 23.3 Å². The Balaban J connectivity index is 2.43. The molecule has 1 saturated heterocycles. The van der Waals surface area contributed by atoms with Gasteiger partial charge in [-0.3, -0.25) is 4.79 Å². The third-order valence-electron chi connectivity index (χ3n) is 3.81. The number of hydrogen-bond acceptors (Lipinski definition) is 3. The monoisotopic (exact) mass is 227 g/mol. The molecule has 1 fully saturated rings. The molecule has 1 amide bonds. The Kier molecular flexibility index (Phi) is 4.74. The lowest BCUT2D eigenvalue weighted by molar-refractivity contribution is -0.119. The van der Waals surface area contributed by atoms with E-state index in [2.05, 4.69) is 25.7 Å². The van der Waals surface area contributed by atoms with Crippen LogP contribution in [-0.4, -0.2) is 36.0 Å². The number of carbonyl (C=O) groups is 1. The average Bonchev–Trinajstić information content (AvgIpc) is 2.20. The fourth-order valence-electron chi connectivity index (χ4n) is 2.57. The van der Waals surface area contributed by atoms with Crippen LogP contribution in [0.3, 0.4) is 0 Å². The van der Waals surface area contributed by atoms with E-state index in [1.165, 1.54) is 6.42 Å². The fourth-order valence-corrected chi connectivity index (χ4v) is 2.57. The number of hydrogen-bond donors (Lipinski definition) is 2. The molecular weight excluding hydrogens is 202 g/mol. The van der Waals surface area contributed by atoms with E-state index in [9.17, 15) is 4.79 Å². The minimum atomic E-state index is -0.500. The van der Waals surface area contributed by atoms with E-state index in [0.717, 1.165) is 19.0 Å². The molecule has 0 aromatic rings. The van der Waals surface area contributed by atoms with Crippen molar-refractivity contribution < 1.29 is 4.79 Å². The summed E-state index contributed by atoms with van der Waals surface area (Å²) in [4.78, 5) is 13.3. The summed E-state index contributed by atoms with van der Waals surface area (Å²) in [5, 5.41) is 0. The van der Waals surface area contributed by atoms with E-state index in [-0.39, 0.29) is 0 Å². The topological polar surface area (TPSA) is 72.3 Å². The number of rotatable bonds is 4. The molecule has 16 heavy (non-hydrogen) atoms. The van der Waals surface area contributed by atoms with E-state index in [4.69, 9.17) is 11.5 Å². The predicted octanol–water partition coefficient (Wildman–Crippen LogP) is 0.556. The number of nitrogens with two attached hydrogens (primary N) is 2. The van der Waals surface area contributed by atoms with Crippen molar-refractivity contribution in [1.82, 2.24) is 4.90 Å². The highest BCUT2D eigenvalue weighted by Gasteiger charge is 2.28. The molecule has 4 atom stereocenters. The predicted molar refractivity (Wildman–Crippen MR) is 65.8 cm³/mol. The zero-order valence-electron chi connectivity index (χ0n) is 10.6. The van der Waals surface area contributed by atoms with Crippen LogP contribution in [0.2, 0.25) is 0 Å². The van der Waals surface area contributed by atoms with Crippen LogP contribution in [0.5, 0.6) is 0 Å². The highest BCUT2D eigenvalue weighted by atomic mass is 16.1. The number of piperidine rings is 1. The minimum Gasteiger partial charge on any atom is -0.368 e. The van der Waals surface area contributed by atoms with Crippen LogP contribution in [0.4, 0.5) is 0 Å². The van der Waals surface area contributed by atoms with Crippen molar-refractivity contribution in [2.75, 3.05) is 13.1 Å². The Morgan fingerprint density at radius 1 is 1.44 bits per heavy atom. The Bertz CT molecular complexity index is 244. The molecule has 0 radical (unpaired) electrons. The van der Waals surface area contributed by atoms with Gasteiger partial charge in [0.05, 0.1) is 6.04 Å². The maximum Gasteiger partial charge on any atom is 0.234 e. The van der Waals surface area contributed by atoms with Crippen LogP contribution in [0, 0.1) is 11.8 Å². The van der Waals surface area contributed by atoms with E-state index in [1.54, 1.807) is 0 Å². The van der Waals surface area contributed by atoms with Gasteiger partial charge in [0, 0.05) is 19.1 Å². The van der Waals surface area contributed by atoms with Gasteiger partial charge >= 0.3 is 0 Å². The smallest absolute Gasteiger partial charge is 0.234 e. The van der Waals surface area contributed by atoms with Crippen molar-refractivity contribution in [2.45, 2.75) is 45.7 Å². The third kappa shape index (κ3) is 3.46. The lowest BCUT2D eigenvalue weighted by atomic mass is 9.86. The van der Waals surface area contributed by atoms with Gasteiger partial charge in [-0.15, -0.1) is 0 Å². The van der Waals surface area contributed by atoms with Crippen LogP contribution in [0.15, 0.2) is 0 Å². The van der Waals surface area contributed by atoms with Crippen molar-refractivity contribution in [1.29, 1.82) is 0 Å². The molecule has 0 aromatic heterocycles. The third-order valence-corrected chi connectivity index (χ3v) is 3.81. The molecule has 0 bridgehead atoms. The standard InChI is InChI=1S/C12H25N3O/c1-8-6-9(2)10(3)15(7-8)5-4-11(13)12(14)16/h8-11H,4-7,13H2,1-3H3,(H2,14,16). The number of likely N-dealkylation sites (tertiary alicyclic amines) is 1. The summed E-state index contributed by atoms with van der Waals surface area (Å²) in [7, 11) is 0. The number of nitrogens with zero attached hydrogens (tertiary/aromatic N) is 1. The Morgan fingerprint density at radius 2 is 2.06 bits per heavy atom. The van der Waals surface area contributed by atoms with E-state index >= 15 is 0 Å². The SMILES string of the molecule is CC1CC(C)C(C)N(CCC(N)C(N)=O)C1. The minimum absolute atomic E-state index is 0.397. The number of carbonyl (C=O) groups excluding carboxylic acids is 1. The maximum atomic E-state index is 10.9. The molecule has 94 valence electrons. The van der Waals surface area contributed by atoms with Gasteiger partial charge in [0.15, 0.2) is 0 Å². The summed E-state index contributed by atoms with van der Waals surface area (Å²) in [6, 6.07) is 0.0796. The molecule has 1 aliphatic heterocycles. The van der Waals surface area contributed by atoms with Gasteiger partial charge in [-0.1, -0.05) is 13.8 Å². The zero-order valence-corrected chi connectivity index (χ0v) is 10.6. The first-order valence-corrected chi connectivity index (χ1v) is 6.20. The van der Waals surface area contributed by atoms with Gasteiger partial charge in [-0.05, 0) is 31.6 Å². The van der Waals surface area contributed by atoms with Crippen molar-refractivity contribution in [3.05, 3.63) is 0 Å². The molecule has 4 N–H and O–H groups in total. The number of amides is 1. The molecule has 1 heterocycles. The first-order valence-electron chi connectivity index (χ1n) is 6.20. The van der Waals surface area contributed by atoms with Crippen molar-refractivity contribution in [3.63, 3.8) is 0 Å². The van der Waals surface area contributed by atoms with Gasteiger partial charge in [0.2, 0.25) is 5.91 Å². The molecule has 0 aliphatic carbocycles. The Hall–Kier alpha value is -0.610. The summed E-state index contributed by atoms with van der Waals surface area (Å²) in [5.74, 6) is 1.05. The highest BCUT2D eigenvalue weighted by molar-refractivity contribution is 5.79. The van der Waals surface area contributed by atoms with Gasteiger partial charge in [-0.25, -0.2) is 0 Å². The molecule has 4 unspecified atom stereocenters. The fraction of sp³-hybridized carbons (Fsp3) is 0.917. The molecule has 4 heteroatoms. The van der Waals surface area contributed by atoms with E-state index in [0.29, 0.717) is 18.4 Å². The summed E-state index contributed by atoms with van der Waals surface area (Å²) in [6.45, 7) is 8.81. The number of primary amides is 1. The Morgan fingerprint density at radius 3 is 2.62 bits per heavy atom. The average molecular weight is 227 g/mol. The van der Waals surface area contributed by atoms with E-state index < -0.39 is 11.9 Å². The van der Waals surface area contributed by atoms with Crippen LogP contribution < -0.4 is 11.5 Å². The molecule has 1 aliphatic rings. The molecule has 0 aromatic carbocycles. The summed E-state index contributed by atoms with van der Waals surface area (Å²) < 4.78 is 0. The second-order valence-corrected chi connectivity index (χ2v) is 5.35. The first-order chi connectivity index (χ1) is 7.41. The summed E-state index contributed by atoms with van der Waals surface area (Å²) in [6.07, 6.45) is 1.96. The van der Waals surface area contributed by atoms with E-state index in [1.807, 2.05) is 0 Å². The van der Waals surface area contributed by atoms with Gasteiger partial charge < -0.3 is 16.4 Å². The lowest BCUT2D eigenvalue weighted by Crippen LogP contribution is -2.48. The second kappa shape index (κ2) is 5.64.